The van der Waals surface area contributed by atoms with Gasteiger partial charge in [-0.3, -0.25) is 5.41 Å². The number of hydrogen-bond donors (Lipinski definition) is 1. The van der Waals surface area contributed by atoms with Crippen LogP contribution in [0.25, 0.3) is 0 Å². The average molecular weight is 420 g/mol. The Labute approximate surface area is 174 Å². The summed E-state index contributed by atoms with van der Waals surface area (Å²) in [6.45, 7) is 6.03. The van der Waals surface area contributed by atoms with Crippen LogP contribution in [0.1, 0.15) is 23.6 Å². The van der Waals surface area contributed by atoms with E-state index < -0.39 is 16.0 Å². The molecular weight excluding hydrogens is 388 g/mol. The Bertz CT molecular complexity index is 874. The molecule has 1 saturated heterocycles. The zero-order chi connectivity index (χ0) is 21.4. The lowest BCUT2D eigenvalue weighted by Gasteiger charge is -2.39. The van der Waals surface area contributed by atoms with Crippen molar-refractivity contribution in [3.63, 3.8) is 0 Å². The second-order valence-corrected chi connectivity index (χ2v) is 12.7. The van der Waals surface area contributed by atoms with E-state index >= 15 is 0 Å². The van der Waals surface area contributed by atoms with Gasteiger partial charge in [0.15, 0.2) is 0 Å². The van der Waals surface area contributed by atoms with Crippen LogP contribution in [0, 0.1) is 12.3 Å². The third kappa shape index (κ3) is 4.92. The zero-order valence-corrected chi connectivity index (χ0v) is 18.7. The Morgan fingerprint density at radius 3 is 2.07 bits per heavy atom. The van der Waals surface area contributed by atoms with E-state index in [0.29, 0.717) is 5.84 Å². The molecule has 0 radical (unpaired) electrons. The van der Waals surface area contributed by atoms with E-state index in [4.69, 9.17) is 5.41 Å². The number of hydrogen-bond acceptors (Lipinski definition) is 2. The predicted molar refractivity (Wildman–Crippen MR) is 121 cm³/mol. The Morgan fingerprint density at radius 2 is 1.55 bits per heavy atom. The van der Waals surface area contributed by atoms with Crippen LogP contribution < -0.4 is 4.90 Å². The van der Waals surface area contributed by atoms with E-state index in [9.17, 15) is 8.78 Å². The number of alkyl halides is 2. The van der Waals surface area contributed by atoms with E-state index in [1.165, 1.54) is 22.6 Å². The molecule has 29 heavy (non-hydrogen) atoms. The summed E-state index contributed by atoms with van der Waals surface area (Å²) in [5.74, 6) is -2.22. The minimum Gasteiger partial charge on any atom is -0.368 e. The SMILES string of the molecule is Cc1ccc(S(C)(C)C)c(C(=N)N2CCN(c3ccc(C(C)(F)F)cc3)CC2)c1. The minimum atomic E-state index is -2.81. The monoisotopic (exact) mass is 419 g/mol. The molecule has 1 aliphatic rings. The molecule has 1 N–H and O–H groups in total. The number of rotatable bonds is 4. The summed E-state index contributed by atoms with van der Waals surface area (Å²) in [7, 11) is -0.943. The summed E-state index contributed by atoms with van der Waals surface area (Å²) in [4.78, 5) is 5.61. The lowest BCUT2D eigenvalue weighted by atomic mass is 10.1. The summed E-state index contributed by atoms with van der Waals surface area (Å²) in [5, 5.41) is 8.85. The van der Waals surface area contributed by atoms with E-state index in [1.807, 2.05) is 0 Å². The van der Waals surface area contributed by atoms with Gasteiger partial charge in [-0.25, -0.2) is 18.8 Å². The maximum atomic E-state index is 13.4. The van der Waals surface area contributed by atoms with Gasteiger partial charge in [0.1, 0.15) is 5.84 Å². The van der Waals surface area contributed by atoms with Crippen LogP contribution in [-0.4, -0.2) is 55.7 Å². The van der Waals surface area contributed by atoms with Crippen LogP contribution in [0.4, 0.5) is 14.5 Å². The van der Waals surface area contributed by atoms with E-state index in [-0.39, 0.29) is 5.56 Å². The molecule has 1 fully saturated rings. The number of benzene rings is 2. The molecule has 2 aromatic rings. The fourth-order valence-corrected chi connectivity index (χ4v) is 4.98. The van der Waals surface area contributed by atoms with Crippen LogP contribution in [0.3, 0.4) is 0 Å². The highest BCUT2D eigenvalue weighted by atomic mass is 32.3. The van der Waals surface area contributed by atoms with E-state index in [0.717, 1.165) is 44.4 Å². The van der Waals surface area contributed by atoms with Crippen LogP contribution in [-0.2, 0) is 5.92 Å². The summed E-state index contributed by atoms with van der Waals surface area (Å²) in [6, 6.07) is 13.0. The number of anilines is 1. The van der Waals surface area contributed by atoms with Gasteiger partial charge < -0.3 is 9.80 Å². The minimum absolute atomic E-state index is 0.0401. The van der Waals surface area contributed by atoms with Crippen LogP contribution in [0.2, 0.25) is 0 Å². The van der Waals surface area contributed by atoms with Crippen molar-refractivity contribution < 1.29 is 8.78 Å². The molecule has 0 amide bonds. The summed E-state index contributed by atoms with van der Waals surface area (Å²) in [6.07, 6.45) is 6.78. The Hall–Kier alpha value is -2.08. The highest BCUT2D eigenvalue weighted by Gasteiger charge is 2.26. The van der Waals surface area contributed by atoms with Gasteiger partial charge in [0.05, 0.1) is 0 Å². The zero-order valence-electron chi connectivity index (χ0n) is 17.9. The number of amidine groups is 1. The second-order valence-electron chi connectivity index (χ2n) is 8.59. The molecule has 158 valence electrons. The molecule has 1 heterocycles. The maximum absolute atomic E-state index is 13.4. The first kappa shape index (κ1) is 21.6. The van der Waals surface area contributed by atoms with Gasteiger partial charge in [-0.05, 0) is 50.0 Å². The lowest BCUT2D eigenvalue weighted by molar-refractivity contribution is 0.0175. The molecule has 3 rings (SSSR count). The molecule has 0 saturated carbocycles. The topological polar surface area (TPSA) is 30.3 Å². The van der Waals surface area contributed by atoms with Crippen molar-refractivity contribution in [1.82, 2.24) is 4.90 Å². The van der Waals surface area contributed by atoms with Gasteiger partial charge in [0.2, 0.25) is 0 Å². The van der Waals surface area contributed by atoms with Crippen molar-refractivity contribution in [3.05, 3.63) is 59.2 Å². The molecule has 2 aromatic carbocycles. The first-order chi connectivity index (χ1) is 13.5. The molecule has 1 aliphatic heterocycles. The van der Waals surface area contributed by atoms with Gasteiger partial charge in [-0.2, -0.15) is 0 Å². The first-order valence-electron chi connectivity index (χ1n) is 9.83. The summed E-state index contributed by atoms with van der Waals surface area (Å²) < 4.78 is 26.9. The van der Waals surface area contributed by atoms with Gasteiger partial charge in [-0.1, -0.05) is 23.8 Å². The quantitative estimate of drug-likeness (QED) is 0.538. The van der Waals surface area contributed by atoms with Crippen molar-refractivity contribution in [2.24, 2.45) is 0 Å². The Balaban J connectivity index is 1.71. The average Bonchev–Trinajstić information content (AvgIpc) is 2.66. The maximum Gasteiger partial charge on any atom is 0.270 e. The predicted octanol–water partition coefficient (Wildman–Crippen LogP) is 5.31. The number of halogens is 2. The van der Waals surface area contributed by atoms with Crippen molar-refractivity contribution in [1.29, 1.82) is 5.41 Å². The van der Waals surface area contributed by atoms with Gasteiger partial charge in [0.25, 0.3) is 5.92 Å². The van der Waals surface area contributed by atoms with Crippen molar-refractivity contribution in [2.45, 2.75) is 24.7 Å². The number of aryl methyl sites for hydroxylation is 1. The Morgan fingerprint density at radius 1 is 0.966 bits per heavy atom. The largest absolute Gasteiger partial charge is 0.368 e. The molecular formula is C23H31F2N3S. The highest BCUT2D eigenvalue weighted by molar-refractivity contribution is 8.32. The van der Waals surface area contributed by atoms with Crippen LogP contribution in [0.15, 0.2) is 47.4 Å². The molecule has 0 aliphatic carbocycles. The van der Waals surface area contributed by atoms with E-state index in [1.54, 1.807) is 12.1 Å². The number of nitrogens with one attached hydrogen (secondary N) is 1. The van der Waals surface area contributed by atoms with Gasteiger partial charge in [-0.15, -0.1) is 0 Å². The summed E-state index contributed by atoms with van der Waals surface area (Å²) >= 11 is 0. The van der Waals surface area contributed by atoms with Crippen LogP contribution >= 0.6 is 10.0 Å². The lowest BCUT2D eigenvalue weighted by Crippen LogP contribution is -2.49. The molecule has 3 nitrogen and oxygen atoms in total. The molecule has 0 spiro atoms. The standard InChI is InChI=1S/C23H31F2N3S/c1-17-6-11-21(29(3,4)5)20(16-17)22(26)28-14-12-27(13-15-28)19-9-7-18(8-10-19)23(2,24)25/h6-11,16,26H,12-15H2,1-5H3. The first-order valence-corrected chi connectivity index (χ1v) is 12.7. The third-order valence-corrected chi connectivity index (χ3v) is 7.06. The normalized spacial score (nSPS) is 16.1. The van der Waals surface area contributed by atoms with Crippen molar-refractivity contribution >= 4 is 21.6 Å². The van der Waals surface area contributed by atoms with Crippen molar-refractivity contribution in [2.75, 3.05) is 49.8 Å². The van der Waals surface area contributed by atoms with E-state index in [2.05, 4.69) is 53.7 Å². The molecule has 0 bridgehead atoms. The van der Waals surface area contributed by atoms with Crippen LogP contribution in [0.5, 0.6) is 0 Å². The third-order valence-electron chi connectivity index (χ3n) is 5.39. The smallest absolute Gasteiger partial charge is 0.270 e. The second kappa shape index (κ2) is 7.98. The highest BCUT2D eigenvalue weighted by Crippen LogP contribution is 2.47. The van der Waals surface area contributed by atoms with Gasteiger partial charge in [0, 0.05) is 54.8 Å². The summed E-state index contributed by atoms with van der Waals surface area (Å²) in [5.41, 5.74) is 3.21. The molecule has 6 heteroatoms. The number of nitrogens with zero attached hydrogens (tertiary/aromatic N) is 2. The Kier molecular flexibility index (Phi) is 5.95. The molecule has 0 aromatic heterocycles. The van der Waals surface area contributed by atoms with Crippen molar-refractivity contribution in [3.8, 4) is 0 Å². The molecule has 0 atom stereocenters. The number of piperazine rings is 1. The fourth-order valence-electron chi connectivity index (χ4n) is 3.69. The molecule has 0 unspecified atom stereocenters. The fraction of sp³-hybridized carbons (Fsp3) is 0.435. The van der Waals surface area contributed by atoms with Gasteiger partial charge >= 0.3 is 0 Å².